The molecule has 2 aromatic heterocycles. The van der Waals surface area contributed by atoms with Crippen molar-refractivity contribution in [2.24, 2.45) is 0 Å². The molecule has 0 saturated carbocycles. The average molecular weight is 587 g/mol. The Morgan fingerprint density at radius 1 is 0.927 bits per heavy atom. The summed E-state index contributed by atoms with van der Waals surface area (Å²) in [5.74, 6) is 0.967. The lowest BCUT2D eigenvalue weighted by molar-refractivity contribution is 0.0785. The van der Waals surface area contributed by atoms with Crippen molar-refractivity contribution < 1.29 is 23.0 Å². The van der Waals surface area contributed by atoms with Gasteiger partial charge in [0.25, 0.3) is 0 Å². The zero-order valence-electron chi connectivity index (χ0n) is 22.7. The molecule has 5 aromatic rings. The number of nitrogens with one attached hydrogen (secondary N) is 1. The second-order valence-corrected chi connectivity index (χ2v) is 13.3. The number of hydrogen-bond donors (Lipinski definition) is 2. The first kappa shape index (κ1) is 27.4. The van der Waals surface area contributed by atoms with Gasteiger partial charge < -0.3 is 14.6 Å². The van der Waals surface area contributed by atoms with Gasteiger partial charge in [-0.15, -0.1) is 11.3 Å². The second-order valence-electron chi connectivity index (χ2n) is 10.5. The molecule has 1 aliphatic heterocycles. The van der Waals surface area contributed by atoms with Crippen LogP contribution < -0.4 is 14.2 Å². The Morgan fingerprint density at radius 2 is 1.71 bits per heavy atom. The van der Waals surface area contributed by atoms with Crippen LogP contribution in [0.25, 0.3) is 21.3 Å². The van der Waals surface area contributed by atoms with Crippen molar-refractivity contribution in [2.45, 2.75) is 36.8 Å². The fraction of sp³-hybridized carbons (Fsp3) is 0.219. The highest BCUT2D eigenvalue weighted by Gasteiger charge is 2.27. The van der Waals surface area contributed by atoms with E-state index in [-0.39, 0.29) is 4.90 Å². The Morgan fingerprint density at radius 3 is 2.49 bits per heavy atom. The van der Waals surface area contributed by atoms with E-state index in [0.29, 0.717) is 24.7 Å². The highest BCUT2D eigenvalue weighted by atomic mass is 32.2. The Labute approximate surface area is 243 Å². The van der Waals surface area contributed by atoms with E-state index in [9.17, 15) is 13.5 Å². The quantitative estimate of drug-likeness (QED) is 0.228. The van der Waals surface area contributed by atoms with Gasteiger partial charge in [-0.3, -0.25) is 4.98 Å². The summed E-state index contributed by atoms with van der Waals surface area (Å²) in [5.41, 5.74) is 2.24. The predicted molar refractivity (Wildman–Crippen MR) is 161 cm³/mol. The van der Waals surface area contributed by atoms with E-state index in [2.05, 4.69) is 9.71 Å². The Kier molecular flexibility index (Phi) is 7.29. The molecule has 0 amide bonds. The number of hydrogen-bond acceptors (Lipinski definition) is 7. The summed E-state index contributed by atoms with van der Waals surface area (Å²) < 4.78 is 42.9. The van der Waals surface area contributed by atoms with Gasteiger partial charge in [-0.1, -0.05) is 48.5 Å². The maximum absolute atomic E-state index is 13.8. The van der Waals surface area contributed by atoms with Crippen LogP contribution in [0.5, 0.6) is 11.5 Å². The molecule has 3 aromatic carbocycles. The molecule has 0 bridgehead atoms. The number of sulfonamides is 1. The van der Waals surface area contributed by atoms with Crippen LogP contribution >= 0.6 is 11.3 Å². The number of rotatable bonds is 7. The topological polar surface area (TPSA) is 97.8 Å². The first-order valence-corrected chi connectivity index (χ1v) is 15.7. The molecule has 9 heteroatoms. The summed E-state index contributed by atoms with van der Waals surface area (Å²) in [4.78, 5) is 5.54. The van der Waals surface area contributed by atoms with Gasteiger partial charge in [0, 0.05) is 33.8 Å². The minimum absolute atomic E-state index is 0.108. The fourth-order valence-corrected chi connectivity index (χ4v) is 7.41. The average Bonchev–Trinajstić information content (AvgIpc) is 3.26. The second kappa shape index (κ2) is 10.9. The number of ether oxygens (including phenoxy) is 2. The molecule has 2 N–H and O–H groups in total. The highest BCUT2D eigenvalue weighted by molar-refractivity contribution is 7.89. The van der Waals surface area contributed by atoms with Crippen LogP contribution in [0.1, 0.15) is 42.3 Å². The van der Waals surface area contributed by atoms with Crippen molar-refractivity contribution in [1.82, 2.24) is 9.71 Å². The molecule has 0 spiro atoms. The predicted octanol–water partition coefficient (Wildman–Crippen LogP) is 6.42. The van der Waals surface area contributed by atoms with Crippen LogP contribution in [0, 0.1) is 0 Å². The SMILES string of the molecule is CC(C)(O)c1ccnc(-c2cccc3cc([C@H](NS(=O)(=O)c4ccc5c(c4)OCCCO5)c4ccccc4)sc23)c1. The van der Waals surface area contributed by atoms with E-state index >= 15 is 0 Å². The summed E-state index contributed by atoms with van der Waals surface area (Å²) in [7, 11) is -3.94. The standard InChI is InChI=1S/C32H30N2O5S2/c1-32(2,35)23-14-15-33-26(19-23)25-11-6-10-22-18-29(40-31(22)25)30(21-8-4-3-5-9-21)34-41(36,37)24-12-13-27-28(20-24)39-17-7-16-38-27/h3-6,8-15,18-20,30,34-35H,7,16-17H2,1-2H3/t30-/m1/s1. The number of benzene rings is 3. The van der Waals surface area contributed by atoms with Crippen molar-refractivity contribution in [3.05, 3.63) is 107 Å². The molecule has 7 nitrogen and oxygen atoms in total. The Hall–Kier alpha value is -3.76. The van der Waals surface area contributed by atoms with Gasteiger partial charge in [-0.25, -0.2) is 8.42 Å². The summed E-state index contributed by atoms with van der Waals surface area (Å²) >= 11 is 1.52. The third-order valence-electron chi connectivity index (χ3n) is 7.03. The maximum Gasteiger partial charge on any atom is 0.241 e. The van der Waals surface area contributed by atoms with Gasteiger partial charge in [-0.2, -0.15) is 4.72 Å². The number of aromatic nitrogens is 1. The monoisotopic (exact) mass is 586 g/mol. The molecule has 3 heterocycles. The number of fused-ring (bicyclic) bond motifs is 2. The molecular formula is C32H30N2O5S2. The molecule has 41 heavy (non-hydrogen) atoms. The smallest absolute Gasteiger partial charge is 0.241 e. The van der Waals surface area contributed by atoms with Crippen molar-refractivity contribution in [3.8, 4) is 22.8 Å². The molecule has 1 atom stereocenters. The molecular weight excluding hydrogens is 556 g/mol. The van der Waals surface area contributed by atoms with Crippen LogP contribution in [-0.4, -0.2) is 31.7 Å². The molecule has 6 rings (SSSR count). The minimum atomic E-state index is -3.94. The lowest BCUT2D eigenvalue weighted by atomic mass is 9.97. The molecule has 0 radical (unpaired) electrons. The number of thiophene rings is 1. The van der Waals surface area contributed by atoms with Gasteiger partial charge in [0.05, 0.1) is 35.4 Å². The van der Waals surface area contributed by atoms with Crippen molar-refractivity contribution in [3.63, 3.8) is 0 Å². The number of pyridine rings is 1. The van der Waals surface area contributed by atoms with E-state index in [0.717, 1.165) is 43.8 Å². The molecule has 0 aliphatic carbocycles. The summed E-state index contributed by atoms with van der Waals surface area (Å²) in [6.45, 7) is 4.48. The molecule has 1 aliphatic rings. The molecule has 0 unspecified atom stereocenters. The van der Waals surface area contributed by atoms with E-state index < -0.39 is 21.7 Å². The summed E-state index contributed by atoms with van der Waals surface area (Å²) in [6, 6.07) is 25.3. The zero-order valence-corrected chi connectivity index (χ0v) is 24.3. The van der Waals surface area contributed by atoms with Crippen LogP contribution in [0.15, 0.2) is 96.0 Å². The van der Waals surface area contributed by atoms with Crippen LogP contribution in [-0.2, 0) is 15.6 Å². The van der Waals surface area contributed by atoms with E-state index in [1.807, 2.05) is 66.7 Å². The third kappa shape index (κ3) is 5.71. The molecule has 0 saturated heterocycles. The van der Waals surface area contributed by atoms with E-state index in [1.165, 1.54) is 17.4 Å². The Bertz CT molecular complexity index is 1810. The van der Waals surface area contributed by atoms with Gasteiger partial charge >= 0.3 is 0 Å². The van der Waals surface area contributed by atoms with Crippen molar-refractivity contribution in [2.75, 3.05) is 13.2 Å². The van der Waals surface area contributed by atoms with Gasteiger partial charge in [0.2, 0.25) is 10.0 Å². The first-order valence-electron chi connectivity index (χ1n) is 13.4. The summed E-state index contributed by atoms with van der Waals surface area (Å²) in [6.07, 6.45) is 2.43. The van der Waals surface area contributed by atoms with Crippen LogP contribution in [0.4, 0.5) is 0 Å². The number of nitrogens with zero attached hydrogens (tertiary/aromatic N) is 1. The molecule has 0 fully saturated rings. The van der Waals surface area contributed by atoms with Gasteiger partial charge in [0.1, 0.15) is 0 Å². The Balaban J connectivity index is 1.42. The largest absolute Gasteiger partial charge is 0.490 e. The minimum Gasteiger partial charge on any atom is -0.490 e. The normalized spacial score (nSPS) is 14.5. The van der Waals surface area contributed by atoms with E-state index in [1.54, 1.807) is 32.2 Å². The lowest BCUT2D eigenvalue weighted by Gasteiger charge is -2.19. The zero-order chi connectivity index (χ0) is 28.6. The fourth-order valence-electron chi connectivity index (χ4n) is 4.86. The summed E-state index contributed by atoms with van der Waals surface area (Å²) in [5, 5.41) is 11.5. The van der Waals surface area contributed by atoms with Gasteiger partial charge in [0.15, 0.2) is 11.5 Å². The van der Waals surface area contributed by atoms with Crippen molar-refractivity contribution >= 4 is 31.4 Å². The molecule has 210 valence electrons. The highest BCUT2D eigenvalue weighted by Crippen LogP contribution is 2.40. The van der Waals surface area contributed by atoms with Gasteiger partial charge in [-0.05, 0) is 60.7 Å². The number of aliphatic hydroxyl groups is 1. The third-order valence-corrected chi connectivity index (χ3v) is 9.69. The van der Waals surface area contributed by atoms with E-state index in [4.69, 9.17) is 9.47 Å². The lowest BCUT2D eigenvalue weighted by Crippen LogP contribution is -2.29. The van der Waals surface area contributed by atoms with Crippen LogP contribution in [0.2, 0.25) is 0 Å². The first-order chi connectivity index (χ1) is 19.7. The maximum atomic E-state index is 13.8. The van der Waals surface area contributed by atoms with Crippen molar-refractivity contribution in [1.29, 1.82) is 0 Å². The van der Waals surface area contributed by atoms with Crippen LogP contribution in [0.3, 0.4) is 0 Å².